The SMILES string of the molecule is CCCCC(C)(C)C(=O)C=C[C@H]1[C@H](OC2CCCCO2)CS[C@@H]1CC=CCCCC#N. The number of hydrogen-bond acceptors (Lipinski definition) is 5. The predicted octanol–water partition coefficient (Wildman–Crippen LogP) is 6.61. The van der Waals surface area contributed by atoms with Gasteiger partial charge in [0, 0.05) is 35.4 Å². The van der Waals surface area contributed by atoms with Crippen LogP contribution in [0.15, 0.2) is 24.3 Å². The van der Waals surface area contributed by atoms with Gasteiger partial charge in [0.1, 0.15) is 0 Å². The maximum absolute atomic E-state index is 12.9. The predicted molar refractivity (Wildman–Crippen MR) is 129 cm³/mol. The van der Waals surface area contributed by atoms with Crippen molar-refractivity contribution < 1.29 is 14.3 Å². The number of nitriles is 1. The van der Waals surface area contributed by atoms with E-state index in [1.807, 2.05) is 17.8 Å². The molecule has 31 heavy (non-hydrogen) atoms. The molecule has 0 aromatic heterocycles. The number of carbonyl (C=O) groups is 1. The van der Waals surface area contributed by atoms with Crippen LogP contribution in [0.3, 0.4) is 0 Å². The highest BCUT2D eigenvalue weighted by atomic mass is 32.2. The number of hydrogen-bond donors (Lipinski definition) is 0. The van der Waals surface area contributed by atoms with Gasteiger partial charge in [-0.05, 0) is 51.0 Å². The molecular weight excluding hydrogens is 406 g/mol. The van der Waals surface area contributed by atoms with Crippen LogP contribution < -0.4 is 0 Å². The second kappa shape index (κ2) is 14.1. The van der Waals surface area contributed by atoms with Crippen molar-refractivity contribution in [2.45, 2.75) is 103 Å². The number of thioether (sulfide) groups is 1. The van der Waals surface area contributed by atoms with E-state index in [9.17, 15) is 4.79 Å². The van der Waals surface area contributed by atoms with Gasteiger partial charge >= 0.3 is 0 Å². The highest BCUT2D eigenvalue weighted by Gasteiger charge is 2.37. The summed E-state index contributed by atoms with van der Waals surface area (Å²) in [5.41, 5.74) is -0.308. The van der Waals surface area contributed by atoms with Gasteiger partial charge in [-0.25, -0.2) is 0 Å². The van der Waals surface area contributed by atoms with Gasteiger partial charge in [0.05, 0.1) is 12.2 Å². The minimum Gasteiger partial charge on any atom is -0.353 e. The lowest BCUT2D eigenvalue weighted by atomic mass is 9.82. The molecule has 174 valence electrons. The number of allylic oxidation sites excluding steroid dienone is 3. The quantitative estimate of drug-likeness (QED) is 0.180. The first-order chi connectivity index (χ1) is 15.0. The van der Waals surface area contributed by atoms with Crippen molar-refractivity contribution in [1.29, 1.82) is 5.26 Å². The van der Waals surface area contributed by atoms with E-state index in [1.54, 1.807) is 0 Å². The van der Waals surface area contributed by atoms with Crippen LogP contribution in [0, 0.1) is 22.7 Å². The molecule has 2 rings (SSSR count). The van der Waals surface area contributed by atoms with Crippen LogP contribution in [0.5, 0.6) is 0 Å². The van der Waals surface area contributed by atoms with Gasteiger partial charge in [-0.3, -0.25) is 4.79 Å². The van der Waals surface area contributed by atoms with Crippen molar-refractivity contribution >= 4 is 17.5 Å². The van der Waals surface area contributed by atoms with Gasteiger partial charge in [0.25, 0.3) is 0 Å². The molecule has 4 atom stereocenters. The first-order valence-corrected chi connectivity index (χ1v) is 13.2. The number of ether oxygens (including phenoxy) is 2. The molecule has 0 N–H and O–H groups in total. The van der Waals surface area contributed by atoms with Crippen molar-refractivity contribution in [3.8, 4) is 6.07 Å². The average Bonchev–Trinajstić information content (AvgIpc) is 3.14. The van der Waals surface area contributed by atoms with Crippen molar-refractivity contribution in [3.63, 3.8) is 0 Å². The summed E-state index contributed by atoms with van der Waals surface area (Å²) in [6.45, 7) is 7.07. The van der Waals surface area contributed by atoms with E-state index in [0.29, 0.717) is 11.7 Å². The Bertz CT molecular complexity index is 631. The first kappa shape index (κ1) is 26.2. The molecule has 2 aliphatic heterocycles. The van der Waals surface area contributed by atoms with Crippen LogP contribution in [0.2, 0.25) is 0 Å². The number of nitrogens with zero attached hydrogens (tertiary/aromatic N) is 1. The van der Waals surface area contributed by atoms with Crippen molar-refractivity contribution in [2.75, 3.05) is 12.4 Å². The summed E-state index contributed by atoms with van der Waals surface area (Å²) in [5.74, 6) is 1.37. The number of rotatable bonds is 13. The highest BCUT2D eigenvalue weighted by molar-refractivity contribution is 8.00. The molecular formula is C26H41NO3S. The van der Waals surface area contributed by atoms with Crippen LogP contribution in [-0.2, 0) is 14.3 Å². The van der Waals surface area contributed by atoms with E-state index in [2.05, 4.69) is 45.1 Å². The summed E-state index contributed by atoms with van der Waals surface area (Å²) in [5, 5.41) is 9.07. The molecule has 2 fully saturated rings. The van der Waals surface area contributed by atoms with Crippen LogP contribution in [0.4, 0.5) is 0 Å². The molecule has 0 radical (unpaired) electrons. The maximum Gasteiger partial charge on any atom is 0.160 e. The summed E-state index contributed by atoms with van der Waals surface area (Å²) in [4.78, 5) is 12.9. The van der Waals surface area contributed by atoms with Gasteiger partial charge in [-0.15, -0.1) is 0 Å². The first-order valence-electron chi connectivity index (χ1n) is 12.1. The smallest absolute Gasteiger partial charge is 0.160 e. The van der Waals surface area contributed by atoms with Gasteiger partial charge in [-0.1, -0.05) is 51.8 Å². The third kappa shape index (κ3) is 9.12. The fourth-order valence-electron chi connectivity index (χ4n) is 4.11. The lowest BCUT2D eigenvalue weighted by Crippen LogP contribution is -2.33. The topological polar surface area (TPSA) is 59.3 Å². The van der Waals surface area contributed by atoms with Gasteiger partial charge in [0.15, 0.2) is 12.1 Å². The molecule has 4 nitrogen and oxygen atoms in total. The number of ketones is 1. The van der Waals surface area contributed by atoms with E-state index in [-0.39, 0.29) is 29.5 Å². The Morgan fingerprint density at radius 1 is 1.29 bits per heavy atom. The monoisotopic (exact) mass is 447 g/mol. The minimum absolute atomic E-state index is 0.0906. The Balaban J connectivity index is 2.01. The van der Waals surface area contributed by atoms with Crippen LogP contribution >= 0.6 is 11.8 Å². The lowest BCUT2D eigenvalue weighted by molar-refractivity contribution is -0.188. The molecule has 0 spiro atoms. The Morgan fingerprint density at radius 2 is 2.13 bits per heavy atom. The molecule has 0 aromatic rings. The Kier molecular flexibility index (Phi) is 11.9. The lowest BCUT2D eigenvalue weighted by Gasteiger charge is -2.29. The second-order valence-electron chi connectivity index (χ2n) is 9.39. The molecule has 5 heteroatoms. The molecule has 2 heterocycles. The Labute approximate surface area is 193 Å². The Morgan fingerprint density at radius 3 is 2.84 bits per heavy atom. The zero-order valence-corrected chi connectivity index (χ0v) is 20.5. The molecule has 2 aliphatic rings. The number of carbonyl (C=O) groups excluding carboxylic acids is 1. The summed E-state index contributed by atoms with van der Waals surface area (Å²) in [6, 6.07) is 2.20. The average molecular weight is 448 g/mol. The summed E-state index contributed by atoms with van der Waals surface area (Å²) in [7, 11) is 0. The van der Waals surface area contributed by atoms with E-state index >= 15 is 0 Å². The maximum atomic E-state index is 12.9. The van der Waals surface area contributed by atoms with Crippen molar-refractivity contribution in [2.24, 2.45) is 11.3 Å². The van der Waals surface area contributed by atoms with Crippen molar-refractivity contribution in [1.82, 2.24) is 0 Å². The summed E-state index contributed by atoms with van der Waals surface area (Å²) >= 11 is 1.94. The van der Waals surface area contributed by atoms with Crippen LogP contribution in [0.25, 0.3) is 0 Å². The van der Waals surface area contributed by atoms with Crippen molar-refractivity contribution in [3.05, 3.63) is 24.3 Å². The second-order valence-corrected chi connectivity index (χ2v) is 10.7. The standard InChI is InChI=1S/C26H41NO3S/c1-4-5-17-26(2,3)24(28)16-15-21-22(30-25-14-10-12-19-29-25)20-31-23(21)13-9-7-6-8-11-18-27/h7,9,15-16,21-23,25H,4-6,8,10-14,17,19-20H2,1-3H3/t21-,22+,23+,25?/m0/s1. The third-order valence-corrected chi connectivity index (χ3v) is 7.74. The zero-order chi connectivity index (χ0) is 22.5. The molecule has 0 aromatic carbocycles. The molecule has 0 amide bonds. The van der Waals surface area contributed by atoms with E-state index in [0.717, 1.165) is 70.1 Å². The van der Waals surface area contributed by atoms with E-state index in [1.165, 1.54) is 0 Å². The molecule has 2 saturated heterocycles. The van der Waals surface area contributed by atoms with Crippen LogP contribution in [-0.4, -0.2) is 35.8 Å². The fourth-order valence-corrected chi connectivity index (χ4v) is 5.58. The minimum atomic E-state index is -0.308. The highest BCUT2D eigenvalue weighted by Crippen LogP contribution is 2.39. The zero-order valence-electron chi connectivity index (χ0n) is 19.7. The largest absolute Gasteiger partial charge is 0.353 e. The number of unbranched alkanes of at least 4 members (excludes halogenated alkanes) is 3. The van der Waals surface area contributed by atoms with Crippen LogP contribution in [0.1, 0.15) is 85.0 Å². The van der Waals surface area contributed by atoms with Gasteiger partial charge in [0.2, 0.25) is 0 Å². The summed E-state index contributed by atoms with van der Waals surface area (Å²) in [6.07, 6.45) is 18.2. The summed E-state index contributed by atoms with van der Waals surface area (Å²) < 4.78 is 12.2. The Hall–Kier alpha value is -1.09. The van der Waals surface area contributed by atoms with Gasteiger partial charge < -0.3 is 9.47 Å². The van der Waals surface area contributed by atoms with E-state index < -0.39 is 0 Å². The van der Waals surface area contributed by atoms with E-state index in [4.69, 9.17) is 14.7 Å². The van der Waals surface area contributed by atoms with Gasteiger partial charge in [-0.2, -0.15) is 17.0 Å². The molecule has 0 saturated carbocycles. The molecule has 0 aliphatic carbocycles. The molecule has 0 bridgehead atoms. The third-order valence-electron chi connectivity index (χ3n) is 6.28. The normalized spacial score (nSPS) is 27.2. The fraction of sp³-hybridized carbons (Fsp3) is 0.769. The molecule has 1 unspecified atom stereocenters.